The van der Waals surface area contributed by atoms with Gasteiger partial charge >= 0.3 is 0 Å². The second-order valence-electron chi connectivity index (χ2n) is 5.54. The second-order valence-corrected chi connectivity index (χ2v) is 5.54. The molecule has 0 fully saturated rings. The lowest BCUT2D eigenvalue weighted by Crippen LogP contribution is -2.49. The lowest BCUT2D eigenvalue weighted by molar-refractivity contribution is 0.0407. The Kier molecular flexibility index (Phi) is 4.58. The summed E-state index contributed by atoms with van der Waals surface area (Å²) in [6.45, 7) is 6.21. The summed E-state index contributed by atoms with van der Waals surface area (Å²) in [6, 6.07) is 19.9. The molecule has 0 aliphatic rings. The van der Waals surface area contributed by atoms with Gasteiger partial charge in [-0.25, -0.2) is 0 Å². The molecule has 0 radical (unpaired) electrons. The number of nitrogens with one attached hydrogen (secondary N) is 1. The van der Waals surface area contributed by atoms with Crippen LogP contribution in [0.1, 0.15) is 31.9 Å². The Hall–Kier alpha value is -1.64. The number of hydrogen-bond donors (Lipinski definition) is 2. The number of rotatable bonds is 5. The van der Waals surface area contributed by atoms with Gasteiger partial charge in [0.25, 0.3) is 0 Å². The lowest BCUT2D eigenvalue weighted by Gasteiger charge is -2.37. The molecule has 0 aliphatic heterocycles. The molecule has 0 amide bonds. The second kappa shape index (κ2) is 6.21. The SMILES string of the molecule is CC(C)NC(C)C(O)(c1ccccc1)c1ccccc1. The smallest absolute Gasteiger partial charge is 0.130 e. The number of benzene rings is 2. The van der Waals surface area contributed by atoms with E-state index < -0.39 is 5.60 Å². The van der Waals surface area contributed by atoms with Gasteiger partial charge in [-0.05, 0) is 18.1 Å². The van der Waals surface area contributed by atoms with Gasteiger partial charge in [0, 0.05) is 12.1 Å². The first-order valence-corrected chi connectivity index (χ1v) is 7.14. The molecular formula is C18H23NO. The van der Waals surface area contributed by atoms with Crippen LogP contribution in [0.5, 0.6) is 0 Å². The largest absolute Gasteiger partial charge is 0.379 e. The summed E-state index contributed by atoms with van der Waals surface area (Å²) in [7, 11) is 0. The van der Waals surface area contributed by atoms with E-state index in [1.165, 1.54) is 0 Å². The molecule has 0 bridgehead atoms. The zero-order valence-corrected chi connectivity index (χ0v) is 12.4. The van der Waals surface area contributed by atoms with Crippen molar-refractivity contribution in [1.29, 1.82) is 0 Å². The van der Waals surface area contributed by atoms with Crippen molar-refractivity contribution in [3.8, 4) is 0 Å². The number of aliphatic hydroxyl groups is 1. The third kappa shape index (κ3) is 2.92. The van der Waals surface area contributed by atoms with Crippen LogP contribution in [0.2, 0.25) is 0 Å². The van der Waals surface area contributed by atoms with E-state index in [0.717, 1.165) is 11.1 Å². The average molecular weight is 269 g/mol. The van der Waals surface area contributed by atoms with Gasteiger partial charge in [-0.1, -0.05) is 74.5 Å². The highest BCUT2D eigenvalue weighted by Crippen LogP contribution is 2.33. The molecule has 2 aromatic rings. The molecule has 2 rings (SSSR count). The highest BCUT2D eigenvalue weighted by atomic mass is 16.3. The van der Waals surface area contributed by atoms with Crippen molar-refractivity contribution in [2.75, 3.05) is 0 Å². The Labute approximate surface area is 121 Å². The van der Waals surface area contributed by atoms with Crippen molar-refractivity contribution in [2.45, 2.75) is 38.5 Å². The first-order valence-electron chi connectivity index (χ1n) is 7.14. The van der Waals surface area contributed by atoms with Crippen LogP contribution >= 0.6 is 0 Å². The highest BCUT2D eigenvalue weighted by molar-refractivity contribution is 5.37. The van der Waals surface area contributed by atoms with Crippen molar-refractivity contribution in [3.63, 3.8) is 0 Å². The molecule has 0 saturated carbocycles. The summed E-state index contributed by atoms with van der Waals surface area (Å²) >= 11 is 0. The quantitative estimate of drug-likeness (QED) is 0.873. The standard InChI is InChI=1S/C18H23NO/c1-14(2)19-15(3)18(20,16-10-6-4-7-11-16)17-12-8-5-9-13-17/h4-15,19-20H,1-3H3. The third-order valence-electron chi connectivity index (χ3n) is 3.64. The third-order valence-corrected chi connectivity index (χ3v) is 3.64. The summed E-state index contributed by atoms with van der Waals surface area (Å²) in [5.41, 5.74) is 0.783. The monoisotopic (exact) mass is 269 g/mol. The fourth-order valence-electron chi connectivity index (χ4n) is 2.67. The van der Waals surface area contributed by atoms with Gasteiger partial charge in [0.05, 0.1) is 0 Å². The van der Waals surface area contributed by atoms with Gasteiger partial charge in [0.1, 0.15) is 5.60 Å². The molecule has 1 unspecified atom stereocenters. The van der Waals surface area contributed by atoms with E-state index in [1.54, 1.807) is 0 Å². The van der Waals surface area contributed by atoms with Crippen LogP contribution in [-0.2, 0) is 5.60 Å². The van der Waals surface area contributed by atoms with E-state index in [4.69, 9.17) is 0 Å². The maximum Gasteiger partial charge on any atom is 0.130 e. The van der Waals surface area contributed by atoms with Crippen LogP contribution < -0.4 is 5.32 Å². The molecule has 0 saturated heterocycles. The van der Waals surface area contributed by atoms with Gasteiger partial charge in [-0.3, -0.25) is 0 Å². The summed E-state index contributed by atoms with van der Waals surface area (Å²) in [5, 5.41) is 14.8. The van der Waals surface area contributed by atoms with Crippen LogP contribution in [0, 0.1) is 0 Å². The van der Waals surface area contributed by atoms with Crippen LogP contribution in [-0.4, -0.2) is 17.2 Å². The fourth-order valence-corrected chi connectivity index (χ4v) is 2.67. The molecule has 106 valence electrons. The van der Waals surface area contributed by atoms with E-state index in [-0.39, 0.29) is 6.04 Å². The van der Waals surface area contributed by atoms with Crippen molar-refractivity contribution in [3.05, 3.63) is 71.8 Å². The Morgan fingerprint density at radius 3 is 1.55 bits per heavy atom. The highest BCUT2D eigenvalue weighted by Gasteiger charge is 2.37. The Morgan fingerprint density at radius 1 is 0.800 bits per heavy atom. The summed E-state index contributed by atoms with van der Waals surface area (Å²) in [5.74, 6) is 0. The summed E-state index contributed by atoms with van der Waals surface area (Å²) in [4.78, 5) is 0. The Morgan fingerprint density at radius 2 is 1.20 bits per heavy atom. The van der Waals surface area contributed by atoms with E-state index in [0.29, 0.717) is 6.04 Å². The molecule has 1 atom stereocenters. The lowest BCUT2D eigenvalue weighted by atomic mass is 9.80. The molecule has 0 aromatic heterocycles. The summed E-state index contributed by atoms with van der Waals surface area (Å²) < 4.78 is 0. The maximum absolute atomic E-state index is 11.4. The van der Waals surface area contributed by atoms with Gasteiger partial charge in [-0.15, -0.1) is 0 Å². The topological polar surface area (TPSA) is 32.3 Å². The predicted octanol–water partition coefficient (Wildman–Crippen LogP) is 3.31. The van der Waals surface area contributed by atoms with E-state index in [1.807, 2.05) is 67.6 Å². The van der Waals surface area contributed by atoms with Crippen molar-refractivity contribution in [2.24, 2.45) is 0 Å². The van der Waals surface area contributed by atoms with E-state index >= 15 is 0 Å². The molecule has 0 aliphatic carbocycles. The van der Waals surface area contributed by atoms with Crippen molar-refractivity contribution >= 4 is 0 Å². The first kappa shape index (κ1) is 14.8. The average Bonchev–Trinajstić information content (AvgIpc) is 2.47. The fraction of sp³-hybridized carbons (Fsp3) is 0.333. The molecule has 2 heteroatoms. The van der Waals surface area contributed by atoms with E-state index in [9.17, 15) is 5.11 Å². The molecule has 2 nitrogen and oxygen atoms in total. The minimum absolute atomic E-state index is 0.0905. The zero-order chi connectivity index (χ0) is 14.6. The van der Waals surface area contributed by atoms with Crippen LogP contribution in [0.25, 0.3) is 0 Å². The van der Waals surface area contributed by atoms with Gasteiger partial charge < -0.3 is 10.4 Å². The zero-order valence-electron chi connectivity index (χ0n) is 12.4. The Bertz CT molecular complexity index is 482. The number of hydrogen-bond acceptors (Lipinski definition) is 2. The minimum Gasteiger partial charge on any atom is -0.379 e. The van der Waals surface area contributed by atoms with Crippen LogP contribution in [0.15, 0.2) is 60.7 Å². The normalized spacial score (nSPS) is 13.4. The van der Waals surface area contributed by atoms with Crippen molar-refractivity contribution in [1.82, 2.24) is 5.32 Å². The predicted molar refractivity (Wildman–Crippen MR) is 83.6 cm³/mol. The summed E-state index contributed by atoms with van der Waals surface area (Å²) in [6.07, 6.45) is 0. The molecule has 0 spiro atoms. The van der Waals surface area contributed by atoms with Crippen LogP contribution in [0.3, 0.4) is 0 Å². The molecule has 2 aromatic carbocycles. The molecule has 0 heterocycles. The molecule has 20 heavy (non-hydrogen) atoms. The van der Waals surface area contributed by atoms with Crippen LogP contribution in [0.4, 0.5) is 0 Å². The molecular weight excluding hydrogens is 246 g/mol. The Balaban J connectivity index is 2.49. The van der Waals surface area contributed by atoms with Crippen molar-refractivity contribution < 1.29 is 5.11 Å². The molecule has 2 N–H and O–H groups in total. The maximum atomic E-state index is 11.4. The minimum atomic E-state index is -1.03. The van der Waals surface area contributed by atoms with E-state index in [2.05, 4.69) is 19.2 Å². The van der Waals surface area contributed by atoms with Gasteiger partial charge in [0.2, 0.25) is 0 Å². The first-order chi connectivity index (χ1) is 9.55. The van der Waals surface area contributed by atoms with Gasteiger partial charge in [0.15, 0.2) is 0 Å². The van der Waals surface area contributed by atoms with Gasteiger partial charge in [-0.2, -0.15) is 0 Å².